The van der Waals surface area contributed by atoms with Gasteiger partial charge in [-0.15, -0.1) is 0 Å². The third-order valence-electron chi connectivity index (χ3n) is 5.16. The Morgan fingerprint density at radius 2 is 1.96 bits per heavy atom. The fourth-order valence-corrected chi connectivity index (χ4v) is 3.63. The van der Waals surface area contributed by atoms with Gasteiger partial charge in [0.2, 0.25) is 0 Å². The first-order valence-electron chi connectivity index (χ1n) is 10.0. The number of methoxy groups -OCH3 is 1. The molecule has 0 aliphatic carbocycles. The minimum Gasteiger partial charge on any atom is -0.497 e. The van der Waals surface area contributed by atoms with E-state index in [1.54, 1.807) is 7.11 Å². The minimum absolute atomic E-state index is 0.320. The van der Waals surface area contributed by atoms with E-state index in [2.05, 4.69) is 44.7 Å². The van der Waals surface area contributed by atoms with Gasteiger partial charge in [0.15, 0.2) is 5.96 Å². The number of aromatic nitrogens is 2. The van der Waals surface area contributed by atoms with Crippen LogP contribution in [0.3, 0.4) is 0 Å². The van der Waals surface area contributed by atoms with Crippen molar-refractivity contribution in [2.45, 2.75) is 32.4 Å². The van der Waals surface area contributed by atoms with E-state index in [9.17, 15) is 0 Å². The summed E-state index contributed by atoms with van der Waals surface area (Å²) in [6.45, 7) is 6.73. The molecule has 1 saturated heterocycles. The zero-order valence-electron chi connectivity index (χ0n) is 17.2. The van der Waals surface area contributed by atoms with Crippen molar-refractivity contribution in [3.63, 3.8) is 0 Å². The van der Waals surface area contributed by atoms with Crippen LogP contribution in [0.25, 0.3) is 0 Å². The van der Waals surface area contributed by atoms with Crippen LogP contribution in [0.5, 0.6) is 5.75 Å². The SMILES string of the molecule is CN=C(NCCn1cc(C)cn1)NCC(c1ccc(OC)cc1)N1CCCC1. The fraction of sp³-hybridized carbons (Fsp3) is 0.524. The van der Waals surface area contributed by atoms with Crippen LogP contribution in [0.2, 0.25) is 0 Å². The average Bonchev–Trinajstić information content (AvgIpc) is 3.39. The molecule has 0 amide bonds. The van der Waals surface area contributed by atoms with Crippen molar-refractivity contribution in [1.82, 2.24) is 25.3 Å². The highest BCUT2D eigenvalue weighted by molar-refractivity contribution is 5.79. The first kappa shape index (κ1) is 20.2. The predicted molar refractivity (Wildman–Crippen MR) is 113 cm³/mol. The summed E-state index contributed by atoms with van der Waals surface area (Å²) < 4.78 is 7.25. The molecule has 3 rings (SSSR count). The number of hydrogen-bond donors (Lipinski definition) is 2. The van der Waals surface area contributed by atoms with Crippen molar-refractivity contribution >= 4 is 5.96 Å². The van der Waals surface area contributed by atoms with Gasteiger partial charge in [0.1, 0.15) is 5.75 Å². The smallest absolute Gasteiger partial charge is 0.191 e. The fourth-order valence-electron chi connectivity index (χ4n) is 3.63. The predicted octanol–water partition coefficient (Wildman–Crippen LogP) is 2.20. The molecule has 1 aromatic carbocycles. The molecule has 1 unspecified atom stereocenters. The highest BCUT2D eigenvalue weighted by Gasteiger charge is 2.23. The molecular weight excluding hydrogens is 352 g/mol. The van der Waals surface area contributed by atoms with Gasteiger partial charge in [-0.2, -0.15) is 5.10 Å². The number of hydrogen-bond acceptors (Lipinski definition) is 4. The summed E-state index contributed by atoms with van der Waals surface area (Å²) in [4.78, 5) is 6.92. The quantitative estimate of drug-likeness (QED) is 0.540. The first-order valence-corrected chi connectivity index (χ1v) is 10.0. The second-order valence-electron chi connectivity index (χ2n) is 7.19. The molecule has 2 N–H and O–H groups in total. The number of nitrogens with one attached hydrogen (secondary N) is 2. The van der Waals surface area contributed by atoms with Crippen LogP contribution < -0.4 is 15.4 Å². The van der Waals surface area contributed by atoms with Crippen molar-refractivity contribution < 1.29 is 4.74 Å². The third-order valence-corrected chi connectivity index (χ3v) is 5.16. The van der Waals surface area contributed by atoms with E-state index in [-0.39, 0.29) is 0 Å². The van der Waals surface area contributed by atoms with Crippen LogP contribution in [0, 0.1) is 6.92 Å². The zero-order chi connectivity index (χ0) is 19.8. The van der Waals surface area contributed by atoms with Gasteiger partial charge >= 0.3 is 0 Å². The first-order chi connectivity index (χ1) is 13.7. The molecular formula is C21H32N6O. The standard InChI is InChI=1S/C21H32N6O/c1-17-14-25-27(16-17)13-10-23-21(22-2)24-15-20(26-11-4-5-12-26)18-6-8-19(28-3)9-7-18/h6-9,14,16,20H,4-5,10-13,15H2,1-3H3,(H2,22,23,24). The minimum atomic E-state index is 0.320. The molecule has 1 aliphatic heterocycles. The molecule has 0 saturated carbocycles. The Morgan fingerprint density at radius 1 is 1.21 bits per heavy atom. The molecule has 1 aliphatic rings. The van der Waals surface area contributed by atoms with Crippen LogP contribution in [0.4, 0.5) is 0 Å². The second kappa shape index (κ2) is 10.1. The zero-order valence-corrected chi connectivity index (χ0v) is 17.2. The maximum atomic E-state index is 5.31. The molecule has 2 aromatic rings. The Balaban J connectivity index is 1.56. The molecule has 0 spiro atoms. The number of likely N-dealkylation sites (tertiary alicyclic amines) is 1. The van der Waals surface area contributed by atoms with Crippen molar-refractivity contribution in [1.29, 1.82) is 0 Å². The largest absolute Gasteiger partial charge is 0.497 e. The van der Waals surface area contributed by atoms with Gasteiger partial charge in [0.25, 0.3) is 0 Å². The normalized spacial score (nSPS) is 16.2. The molecule has 2 heterocycles. The van der Waals surface area contributed by atoms with Crippen LogP contribution >= 0.6 is 0 Å². The molecule has 7 heteroatoms. The summed E-state index contributed by atoms with van der Waals surface area (Å²) in [5.74, 6) is 1.71. The lowest BCUT2D eigenvalue weighted by Crippen LogP contribution is -2.43. The Morgan fingerprint density at radius 3 is 2.57 bits per heavy atom. The topological polar surface area (TPSA) is 66.7 Å². The van der Waals surface area contributed by atoms with Gasteiger partial charge in [0.05, 0.1) is 25.9 Å². The molecule has 7 nitrogen and oxygen atoms in total. The Labute approximate surface area is 167 Å². The molecule has 0 bridgehead atoms. The van der Waals surface area contributed by atoms with Crippen LogP contribution in [0.1, 0.15) is 30.0 Å². The van der Waals surface area contributed by atoms with E-state index in [0.717, 1.165) is 44.4 Å². The average molecular weight is 385 g/mol. The summed E-state index contributed by atoms with van der Waals surface area (Å²) in [6.07, 6.45) is 6.46. The lowest BCUT2D eigenvalue weighted by molar-refractivity contribution is 0.245. The van der Waals surface area contributed by atoms with E-state index < -0.39 is 0 Å². The highest BCUT2D eigenvalue weighted by Crippen LogP contribution is 2.26. The van der Waals surface area contributed by atoms with Gasteiger partial charge < -0.3 is 15.4 Å². The summed E-state index contributed by atoms with van der Waals surface area (Å²) in [5.41, 5.74) is 2.48. The summed E-state index contributed by atoms with van der Waals surface area (Å²) in [5, 5.41) is 11.2. The van der Waals surface area contributed by atoms with Crippen LogP contribution in [0.15, 0.2) is 41.7 Å². The van der Waals surface area contributed by atoms with Gasteiger partial charge in [-0.25, -0.2) is 0 Å². The van der Waals surface area contributed by atoms with E-state index in [1.165, 1.54) is 24.0 Å². The molecule has 1 fully saturated rings. The molecule has 1 aromatic heterocycles. The number of rotatable bonds is 8. The van der Waals surface area contributed by atoms with E-state index in [0.29, 0.717) is 6.04 Å². The molecule has 152 valence electrons. The Hall–Kier alpha value is -2.54. The number of aryl methyl sites for hydroxylation is 1. The van der Waals surface area contributed by atoms with Crippen LogP contribution in [-0.4, -0.2) is 61.0 Å². The van der Waals surface area contributed by atoms with E-state index in [4.69, 9.17) is 4.74 Å². The maximum Gasteiger partial charge on any atom is 0.191 e. The monoisotopic (exact) mass is 384 g/mol. The molecule has 1 atom stereocenters. The summed E-state index contributed by atoms with van der Waals surface area (Å²) >= 11 is 0. The lowest BCUT2D eigenvalue weighted by Gasteiger charge is -2.29. The van der Waals surface area contributed by atoms with Crippen molar-refractivity contribution in [3.8, 4) is 5.75 Å². The molecule has 28 heavy (non-hydrogen) atoms. The van der Waals surface area contributed by atoms with Crippen LogP contribution in [-0.2, 0) is 6.54 Å². The van der Waals surface area contributed by atoms with Crippen molar-refractivity contribution in [2.75, 3.05) is 40.3 Å². The van der Waals surface area contributed by atoms with Gasteiger partial charge in [-0.1, -0.05) is 12.1 Å². The number of ether oxygens (including phenoxy) is 1. The second-order valence-corrected chi connectivity index (χ2v) is 7.19. The van der Waals surface area contributed by atoms with Gasteiger partial charge in [-0.05, 0) is 56.1 Å². The Bertz CT molecular complexity index is 749. The number of aliphatic imine (C=N–C) groups is 1. The number of nitrogens with zero attached hydrogens (tertiary/aromatic N) is 4. The maximum absolute atomic E-state index is 5.31. The van der Waals surface area contributed by atoms with E-state index >= 15 is 0 Å². The summed E-state index contributed by atoms with van der Waals surface area (Å²) in [7, 11) is 3.51. The van der Waals surface area contributed by atoms with E-state index in [1.807, 2.05) is 36.3 Å². The Kier molecular flexibility index (Phi) is 7.31. The van der Waals surface area contributed by atoms with Crippen molar-refractivity contribution in [2.24, 2.45) is 4.99 Å². The highest BCUT2D eigenvalue weighted by atomic mass is 16.5. The third kappa shape index (κ3) is 5.48. The number of benzene rings is 1. The number of guanidine groups is 1. The van der Waals surface area contributed by atoms with Crippen molar-refractivity contribution in [3.05, 3.63) is 47.8 Å². The molecule has 0 radical (unpaired) electrons. The summed E-state index contributed by atoms with van der Waals surface area (Å²) in [6, 6.07) is 8.73. The van der Waals surface area contributed by atoms with Gasteiger partial charge in [0, 0.05) is 26.3 Å². The lowest BCUT2D eigenvalue weighted by atomic mass is 10.1. The van der Waals surface area contributed by atoms with Gasteiger partial charge in [-0.3, -0.25) is 14.6 Å².